The van der Waals surface area contributed by atoms with Crippen molar-refractivity contribution in [2.24, 2.45) is 0 Å². The molecule has 0 unspecified atom stereocenters. The van der Waals surface area contributed by atoms with Gasteiger partial charge in [-0.05, 0) is 35.7 Å². The summed E-state index contributed by atoms with van der Waals surface area (Å²) in [5.74, 6) is -0.311. The summed E-state index contributed by atoms with van der Waals surface area (Å²) in [5.41, 5.74) is 1.86. The van der Waals surface area contributed by atoms with E-state index in [4.69, 9.17) is 0 Å². The van der Waals surface area contributed by atoms with E-state index < -0.39 is 11.7 Å². The lowest BCUT2D eigenvalue weighted by atomic mass is 10.00. The van der Waals surface area contributed by atoms with Gasteiger partial charge >= 0.3 is 6.18 Å². The van der Waals surface area contributed by atoms with Crippen molar-refractivity contribution in [3.63, 3.8) is 0 Å². The molecule has 1 aliphatic heterocycles. The number of fused-ring (bicyclic) bond motifs is 1. The molecule has 6 heteroatoms. The quantitative estimate of drug-likeness (QED) is 0.928. The second kappa shape index (κ2) is 6.65. The predicted octanol–water partition coefficient (Wildman–Crippen LogP) is 3.70. The zero-order valence-corrected chi connectivity index (χ0v) is 12.9. The summed E-state index contributed by atoms with van der Waals surface area (Å²) in [6, 6.07) is 12.7. The van der Waals surface area contributed by atoms with E-state index in [-0.39, 0.29) is 18.1 Å². The summed E-state index contributed by atoms with van der Waals surface area (Å²) < 4.78 is 38.1. The summed E-state index contributed by atoms with van der Waals surface area (Å²) in [5, 5.41) is 2.55. The highest BCUT2D eigenvalue weighted by molar-refractivity contribution is 5.92. The minimum atomic E-state index is -4.42. The summed E-state index contributed by atoms with van der Waals surface area (Å²) >= 11 is 0. The number of amides is 1. The monoisotopic (exact) mass is 334 g/mol. The number of nitrogens with one attached hydrogen (secondary N) is 1. The molecule has 0 spiro atoms. The van der Waals surface area contributed by atoms with Gasteiger partial charge < -0.3 is 5.32 Å². The summed E-state index contributed by atoms with van der Waals surface area (Å²) in [6.45, 7) is 1.59. The van der Waals surface area contributed by atoms with Crippen LogP contribution in [0.25, 0.3) is 0 Å². The third-order valence-electron chi connectivity index (χ3n) is 4.05. The Morgan fingerprint density at radius 3 is 2.58 bits per heavy atom. The Bertz CT molecular complexity index is 743. The maximum Gasteiger partial charge on any atom is 0.416 e. The van der Waals surface area contributed by atoms with Gasteiger partial charge in [-0.25, -0.2) is 0 Å². The fraction of sp³-hybridized carbons (Fsp3) is 0.278. The van der Waals surface area contributed by atoms with Gasteiger partial charge in [0, 0.05) is 18.8 Å². The molecular weight excluding hydrogens is 317 g/mol. The van der Waals surface area contributed by atoms with Gasteiger partial charge in [0.2, 0.25) is 5.91 Å². The Balaban J connectivity index is 1.61. The summed E-state index contributed by atoms with van der Waals surface area (Å²) in [6.07, 6.45) is -3.55. The summed E-state index contributed by atoms with van der Waals surface area (Å²) in [7, 11) is 0. The number of carbonyl (C=O) groups is 1. The van der Waals surface area contributed by atoms with E-state index >= 15 is 0 Å². The van der Waals surface area contributed by atoms with Gasteiger partial charge in [-0.15, -0.1) is 0 Å². The van der Waals surface area contributed by atoms with Crippen molar-refractivity contribution < 1.29 is 18.0 Å². The third kappa shape index (κ3) is 3.94. The molecule has 2 aromatic rings. The maximum absolute atomic E-state index is 12.7. The van der Waals surface area contributed by atoms with E-state index in [0.717, 1.165) is 25.1 Å². The van der Waals surface area contributed by atoms with Crippen LogP contribution < -0.4 is 5.32 Å². The third-order valence-corrected chi connectivity index (χ3v) is 4.05. The van der Waals surface area contributed by atoms with Gasteiger partial charge in [-0.2, -0.15) is 13.2 Å². The summed E-state index contributed by atoms with van der Waals surface area (Å²) in [4.78, 5) is 14.1. The molecule has 24 heavy (non-hydrogen) atoms. The Hall–Kier alpha value is -2.34. The van der Waals surface area contributed by atoms with E-state index in [1.54, 1.807) is 0 Å². The van der Waals surface area contributed by atoms with Crippen LogP contribution >= 0.6 is 0 Å². The number of hydrogen-bond acceptors (Lipinski definition) is 2. The molecule has 0 radical (unpaired) electrons. The number of benzene rings is 2. The highest BCUT2D eigenvalue weighted by Gasteiger charge is 2.30. The Kier molecular flexibility index (Phi) is 4.57. The van der Waals surface area contributed by atoms with Crippen molar-refractivity contribution >= 4 is 11.6 Å². The first kappa shape index (κ1) is 16.5. The molecule has 1 aliphatic rings. The fourth-order valence-electron chi connectivity index (χ4n) is 2.87. The standard InChI is InChI=1S/C18H17F3N2O/c19-18(20,21)15-6-3-7-16(10-15)22-17(24)12-23-9-8-13-4-1-2-5-14(13)11-23/h1-7,10H,8-9,11-12H2,(H,22,24). The smallest absolute Gasteiger partial charge is 0.325 e. The van der Waals surface area contributed by atoms with Gasteiger partial charge in [0.05, 0.1) is 12.1 Å². The molecule has 126 valence electrons. The molecule has 1 amide bonds. The van der Waals surface area contributed by atoms with Gasteiger partial charge in [-0.1, -0.05) is 30.3 Å². The first-order valence-corrected chi connectivity index (χ1v) is 7.68. The first-order chi connectivity index (χ1) is 11.4. The van der Waals surface area contributed by atoms with Gasteiger partial charge in [0.15, 0.2) is 0 Å². The molecule has 0 aliphatic carbocycles. The van der Waals surface area contributed by atoms with Gasteiger partial charge in [-0.3, -0.25) is 9.69 Å². The molecule has 0 bridgehead atoms. The second-order valence-electron chi connectivity index (χ2n) is 5.86. The molecule has 0 saturated carbocycles. The highest BCUT2D eigenvalue weighted by Crippen LogP contribution is 2.30. The first-order valence-electron chi connectivity index (χ1n) is 7.68. The highest BCUT2D eigenvalue weighted by atomic mass is 19.4. The van der Waals surface area contributed by atoms with Crippen LogP contribution in [0, 0.1) is 0 Å². The van der Waals surface area contributed by atoms with Crippen molar-refractivity contribution in [2.45, 2.75) is 19.1 Å². The van der Waals surface area contributed by atoms with Crippen molar-refractivity contribution in [2.75, 3.05) is 18.4 Å². The Labute approximate surface area is 138 Å². The maximum atomic E-state index is 12.7. The Morgan fingerprint density at radius 2 is 1.83 bits per heavy atom. The number of hydrogen-bond donors (Lipinski definition) is 1. The number of carbonyl (C=O) groups excluding carboxylic acids is 1. The number of rotatable bonds is 3. The molecule has 2 aromatic carbocycles. The van der Waals surface area contributed by atoms with Crippen LogP contribution in [0.3, 0.4) is 0 Å². The van der Waals surface area contributed by atoms with Crippen molar-refractivity contribution in [3.05, 3.63) is 65.2 Å². The molecular formula is C18H17F3N2O. The molecule has 0 fully saturated rings. The van der Waals surface area contributed by atoms with Gasteiger partial charge in [0.25, 0.3) is 0 Å². The van der Waals surface area contributed by atoms with Crippen LogP contribution in [0.1, 0.15) is 16.7 Å². The number of anilines is 1. The molecule has 3 nitrogen and oxygen atoms in total. The molecule has 0 atom stereocenters. The molecule has 0 aromatic heterocycles. The lowest BCUT2D eigenvalue weighted by Crippen LogP contribution is -2.37. The van der Waals surface area contributed by atoms with Gasteiger partial charge in [0.1, 0.15) is 0 Å². The molecule has 1 heterocycles. The average molecular weight is 334 g/mol. The van der Waals surface area contributed by atoms with E-state index in [2.05, 4.69) is 11.4 Å². The van der Waals surface area contributed by atoms with Crippen LogP contribution in [-0.2, 0) is 23.9 Å². The topological polar surface area (TPSA) is 32.3 Å². The van der Waals surface area contributed by atoms with Crippen LogP contribution in [-0.4, -0.2) is 23.9 Å². The van der Waals surface area contributed by atoms with Crippen LogP contribution in [0.2, 0.25) is 0 Å². The van der Waals surface area contributed by atoms with E-state index in [9.17, 15) is 18.0 Å². The lowest BCUT2D eigenvalue weighted by molar-refractivity contribution is -0.137. The largest absolute Gasteiger partial charge is 0.416 e. The van der Waals surface area contributed by atoms with Crippen molar-refractivity contribution in [1.29, 1.82) is 0 Å². The number of halogens is 3. The zero-order chi connectivity index (χ0) is 17.2. The fourth-order valence-corrected chi connectivity index (χ4v) is 2.87. The molecule has 3 rings (SSSR count). The van der Waals surface area contributed by atoms with E-state index in [1.165, 1.54) is 23.3 Å². The lowest BCUT2D eigenvalue weighted by Gasteiger charge is -2.28. The average Bonchev–Trinajstić information content (AvgIpc) is 2.54. The predicted molar refractivity (Wildman–Crippen MR) is 85.5 cm³/mol. The van der Waals surface area contributed by atoms with Crippen molar-refractivity contribution in [1.82, 2.24) is 4.90 Å². The normalized spacial score (nSPS) is 15.0. The van der Waals surface area contributed by atoms with Crippen LogP contribution in [0.15, 0.2) is 48.5 Å². The SMILES string of the molecule is O=C(CN1CCc2ccccc2C1)Nc1cccc(C(F)(F)F)c1. The minimum absolute atomic E-state index is 0.157. The number of nitrogens with zero attached hydrogens (tertiary/aromatic N) is 1. The van der Waals surface area contributed by atoms with Crippen LogP contribution in [0.4, 0.5) is 18.9 Å². The number of alkyl halides is 3. The molecule has 0 saturated heterocycles. The second-order valence-corrected chi connectivity index (χ2v) is 5.86. The zero-order valence-electron chi connectivity index (χ0n) is 12.9. The Morgan fingerprint density at radius 1 is 1.08 bits per heavy atom. The van der Waals surface area contributed by atoms with E-state index in [0.29, 0.717) is 6.54 Å². The minimum Gasteiger partial charge on any atom is -0.325 e. The van der Waals surface area contributed by atoms with Crippen LogP contribution in [0.5, 0.6) is 0 Å². The van der Waals surface area contributed by atoms with Crippen molar-refractivity contribution in [3.8, 4) is 0 Å². The van der Waals surface area contributed by atoms with E-state index in [1.807, 2.05) is 23.1 Å². The molecule has 1 N–H and O–H groups in total.